The molecule has 0 saturated heterocycles. The van der Waals surface area contributed by atoms with Crippen molar-refractivity contribution in [1.82, 2.24) is 0 Å². The van der Waals surface area contributed by atoms with Crippen LogP contribution in [0.5, 0.6) is 5.75 Å². The molecule has 0 fully saturated rings. The minimum absolute atomic E-state index is 0.817. The summed E-state index contributed by atoms with van der Waals surface area (Å²) in [5.74, 6) is 1.68. The van der Waals surface area contributed by atoms with Gasteiger partial charge in [-0.1, -0.05) is 66.8 Å². The number of fused-ring (bicyclic) bond motifs is 1. The van der Waals surface area contributed by atoms with Gasteiger partial charge in [-0.15, -0.1) is 0 Å². The lowest BCUT2D eigenvalue weighted by Gasteiger charge is -2.21. The first-order valence-corrected chi connectivity index (χ1v) is 12.8. The molecule has 5 rings (SSSR count). The Bertz CT molecular complexity index is 1520. The zero-order chi connectivity index (χ0) is 26.5. The molecular formula is C35H33N2O+. The molecule has 188 valence electrons. The van der Waals surface area contributed by atoms with E-state index >= 15 is 0 Å². The second-order valence-corrected chi connectivity index (χ2v) is 9.82. The SMILES string of the molecule is CN(C)c1ccc(C=Cc2ccc3c(c2)C(c2ccccc2)=C/C(=C/C=C2C=CC(=[N+](C)C)C=C2)O3)cc1. The van der Waals surface area contributed by atoms with Gasteiger partial charge in [0.05, 0.1) is 0 Å². The molecule has 0 N–H and O–H groups in total. The number of rotatable bonds is 5. The van der Waals surface area contributed by atoms with Gasteiger partial charge in [-0.2, -0.15) is 0 Å². The van der Waals surface area contributed by atoms with Gasteiger partial charge in [0.1, 0.15) is 25.6 Å². The van der Waals surface area contributed by atoms with E-state index in [2.05, 4.69) is 139 Å². The van der Waals surface area contributed by atoms with Crippen LogP contribution >= 0.6 is 0 Å². The van der Waals surface area contributed by atoms with E-state index in [1.165, 1.54) is 22.5 Å². The minimum Gasteiger partial charge on any atom is -0.457 e. The molecule has 3 heteroatoms. The van der Waals surface area contributed by atoms with Crippen LogP contribution in [0, 0.1) is 0 Å². The van der Waals surface area contributed by atoms with E-state index in [0.29, 0.717) is 0 Å². The Kier molecular flexibility index (Phi) is 7.37. The fourth-order valence-corrected chi connectivity index (χ4v) is 4.40. The lowest BCUT2D eigenvalue weighted by molar-refractivity contribution is -0.462. The largest absolute Gasteiger partial charge is 0.457 e. The highest BCUT2D eigenvalue weighted by molar-refractivity contribution is 6.02. The monoisotopic (exact) mass is 497 g/mol. The molecule has 0 saturated carbocycles. The average Bonchev–Trinajstić information content (AvgIpc) is 2.95. The van der Waals surface area contributed by atoms with Gasteiger partial charge >= 0.3 is 0 Å². The summed E-state index contributed by atoms with van der Waals surface area (Å²) in [5.41, 5.74) is 9.21. The van der Waals surface area contributed by atoms with Gasteiger partial charge in [-0.05, 0) is 76.4 Å². The highest BCUT2D eigenvalue weighted by atomic mass is 16.5. The van der Waals surface area contributed by atoms with Crippen LogP contribution in [0.25, 0.3) is 17.7 Å². The Labute approximate surface area is 226 Å². The van der Waals surface area contributed by atoms with Gasteiger partial charge < -0.3 is 9.64 Å². The van der Waals surface area contributed by atoms with Crippen LogP contribution in [-0.4, -0.2) is 38.5 Å². The molecule has 2 aliphatic rings. The fourth-order valence-electron chi connectivity index (χ4n) is 4.40. The molecule has 0 radical (unpaired) electrons. The third-order valence-electron chi connectivity index (χ3n) is 6.62. The molecule has 3 aromatic carbocycles. The quantitative estimate of drug-likeness (QED) is 0.270. The normalized spacial score (nSPS) is 15.4. The van der Waals surface area contributed by atoms with E-state index in [1.54, 1.807) is 0 Å². The summed E-state index contributed by atoms with van der Waals surface area (Å²) in [6, 6.07) is 25.5. The van der Waals surface area contributed by atoms with E-state index < -0.39 is 0 Å². The lowest BCUT2D eigenvalue weighted by Crippen LogP contribution is -2.09. The van der Waals surface area contributed by atoms with Crippen molar-refractivity contribution in [3.63, 3.8) is 0 Å². The molecule has 0 spiro atoms. The molecule has 0 bridgehead atoms. The summed E-state index contributed by atoms with van der Waals surface area (Å²) in [5, 5.41) is 0. The van der Waals surface area contributed by atoms with Crippen LogP contribution in [0.3, 0.4) is 0 Å². The fraction of sp³-hybridized carbons (Fsp3) is 0.114. The zero-order valence-electron chi connectivity index (χ0n) is 22.4. The molecule has 1 aliphatic heterocycles. The number of nitrogens with zero attached hydrogens (tertiary/aromatic N) is 2. The van der Waals surface area contributed by atoms with Crippen molar-refractivity contribution in [2.75, 3.05) is 33.1 Å². The Morgan fingerprint density at radius 2 is 1.42 bits per heavy atom. The van der Waals surface area contributed by atoms with E-state index in [0.717, 1.165) is 33.8 Å². The molecule has 0 atom stereocenters. The third kappa shape index (κ3) is 5.84. The molecule has 3 nitrogen and oxygen atoms in total. The summed E-state index contributed by atoms with van der Waals surface area (Å²) in [7, 11) is 8.21. The van der Waals surface area contributed by atoms with Gasteiger partial charge in [0.15, 0.2) is 5.71 Å². The smallest absolute Gasteiger partial charge is 0.199 e. The summed E-state index contributed by atoms with van der Waals surface area (Å²) in [4.78, 5) is 2.11. The molecule has 0 aromatic heterocycles. The molecule has 3 aromatic rings. The van der Waals surface area contributed by atoms with Crippen LogP contribution in [0.2, 0.25) is 0 Å². The predicted molar refractivity (Wildman–Crippen MR) is 162 cm³/mol. The van der Waals surface area contributed by atoms with E-state index in [4.69, 9.17) is 4.74 Å². The summed E-state index contributed by atoms with van der Waals surface area (Å²) >= 11 is 0. The van der Waals surface area contributed by atoms with Crippen molar-refractivity contribution < 1.29 is 9.31 Å². The Hall–Kier alpha value is -4.63. The highest BCUT2D eigenvalue weighted by Crippen LogP contribution is 2.38. The first-order valence-electron chi connectivity index (χ1n) is 12.8. The Balaban J connectivity index is 1.45. The number of ether oxygens (including phenoxy) is 1. The number of allylic oxidation sites excluding steroid dienone is 8. The zero-order valence-corrected chi connectivity index (χ0v) is 22.4. The van der Waals surface area contributed by atoms with Crippen molar-refractivity contribution in [1.29, 1.82) is 0 Å². The van der Waals surface area contributed by atoms with Crippen molar-refractivity contribution in [3.8, 4) is 5.75 Å². The van der Waals surface area contributed by atoms with E-state index in [-0.39, 0.29) is 0 Å². The molecule has 1 aliphatic carbocycles. The maximum Gasteiger partial charge on any atom is 0.199 e. The third-order valence-corrected chi connectivity index (χ3v) is 6.62. The molecule has 0 amide bonds. The van der Waals surface area contributed by atoms with Crippen molar-refractivity contribution in [3.05, 3.63) is 149 Å². The standard InChI is InChI=1S/C35H33N2O/c1-36(2)30-18-12-26(13-19-30)10-11-28-17-23-35-34(24-28)33(29-8-6-5-7-9-29)25-32(38-35)22-16-27-14-20-31(21-15-27)37(3)4/h5-25H,1-4H3/q+1/b11-10?,32-22-. The Morgan fingerprint density at radius 1 is 0.737 bits per heavy atom. The number of hydrogen-bond acceptors (Lipinski definition) is 2. The maximum absolute atomic E-state index is 6.34. The second-order valence-electron chi connectivity index (χ2n) is 9.82. The number of benzene rings is 3. The van der Waals surface area contributed by atoms with E-state index in [1.807, 2.05) is 26.2 Å². The van der Waals surface area contributed by atoms with Gasteiger partial charge in [-0.25, -0.2) is 4.58 Å². The Morgan fingerprint density at radius 3 is 2.11 bits per heavy atom. The number of anilines is 1. The molecule has 1 heterocycles. The van der Waals surface area contributed by atoms with Crippen LogP contribution in [-0.2, 0) is 0 Å². The van der Waals surface area contributed by atoms with Gasteiger partial charge in [-0.3, -0.25) is 0 Å². The van der Waals surface area contributed by atoms with Gasteiger partial charge in [0, 0.05) is 37.5 Å². The van der Waals surface area contributed by atoms with E-state index in [9.17, 15) is 0 Å². The molecule has 38 heavy (non-hydrogen) atoms. The number of hydrogen-bond donors (Lipinski definition) is 0. The van der Waals surface area contributed by atoms with Gasteiger partial charge in [0.2, 0.25) is 0 Å². The van der Waals surface area contributed by atoms with Crippen molar-refractivity contribution >= 4 is 29.1 Å². The molecule has 0 unspecified atom stereocenters. The predicted octanol–water partition coefficient (Wildman–Crippen LogP) is 7.40. The van der Waals surface area contributed by atoms with Crippen LogP contribution in [0.4, 0.5) is 5.69 Å². The highest BCUT2D eigenvalue weighted by Gasteiger charge is 2.18. The summed E-state index contributed by atoms with van der Waals surface area (Å²) in [6.07, 6.45) is 19.1. The van der Waals surface area contributed by atoms with Crippen molar-refractivity contribution in [2.45, 2.75) is 0 Å². The first kappa shape index (κ1) is 25.0. The average molecular weight is 498 g/mol. The second kappa shape index (κ2) is 11.2. The molecular weight excluding hydrogens is 464 g/mol. The topological polar surface area (TPSA) is 15.5 Å². The van der Waals surface area contributed by atoms with Gasteiger partial charge in [0.25, 0.3) is 0 Å². The first-order chi connectivity index (χ1) is 18.5. The maximum atomic E-state index is 6.34. The van der Waals surface area contributed by atoms with Crippen LogP contribution in [0.1, 0.15) is 22.3 Å². The van der Waals surface area contributed by atoms with Crippen LogP contribution in [0.15, 0.2) is 127 Å². The summed E-state index contributed by atoms with van der Waals surface area (Å²) < 4.78 is 8.44. The van der Waals surface area contributed by atoms with Crippen LogP contribution < -0.4 is 9.64 Å². The lowest BCUT2D eigenvalue weighted by atomic mass is 9.93. The summed E-state index contributed by atoms with van der Waals surface area (Å²) in [6.45, 7) is 0. The minimum atomic E-state index is 0.817. The van der Waals surface area contributed by atoms with Crippen molar-refractivity contribution in [2.24, 2.45) is 0 Å².